The summed E-state index contributed by atoms with van der Waals surface area (Å²) >= 11 is 1.62. The van der Waals surface area contributed by atoms with E-state index in [0.29, 0.717) is 13.1 Å². The molecule has 0 bridgehead atoms. The van der Waals surface area contributed by atoms with Crippen molar-refractivity contribution in [2.24, 2.45) is 11.8 Å². The molecule has 5 rings (SSSR count). The summed E-state index contributed by atoms with van der Waals surface area (Å²) in [7, 11) is 0. The molecule has 4 aliphatic heterocycles. The van der Waals surface area contributed by atoms with Crippen LogP contribution in [0.1, 0.15) is 64.7 Å². The van der Waals surface area contributed by atoms with Crippen molar-refractivity contribution in [1.82, 2.24) is 9.80 Å². The molecule has 7 nitrogen and oxygen atoms in total. The van der Waals surface area contributed by atoms with Gasteiger partial charge in [-0.1, -0.05) is 50.3 Å². The molecule has 1 aliphatic carbocycles. The smallest absolute Gasteiger partial charge is 0.311 e. The Labute approximate surface area is 212 Å². The molecule has 0 aromatic heterocycles. The summed E-state index contributed by atoms with van der Waals surface area (Å²) in [5.41, 5.74) is 0. The van der Waals surface area contributed by atoms with E-state index in [1.165, 1.54) is 6.42 Å². The zero-order valence-electron chi connectivity index (χ0n) is 20.7. The van der Waals surface area contributed by atoms with E-state index < -0.39 is 27.4 Å². The number of hydrogen-bond donors (Lipinski definition) is 1. The van der Waals surface area contributed by atoms with Crippen LogP contribution in [-0.4, -0.2) is 80.6 Å². The normalized spacial score (nSPS) is 37.1. The van der Waals surface area contributed by atoms with Gasteiger partial charge >= 0.3 is 5.97 Å². The molecule has 1 saturated carbocycles. The first-order chi connectivity index (χ1) is 16.9. The van der Waals surface area contributed by atoms with Crippen LogP contribution in [0.25, 0.3) is 0 Å². The molecule has 5 atom stereocenters. The summed E-state index contributed by atoms with van der Waals surface area (Å²) in [5, 5.41) is 9.11. The summed E-state index contributed by atoms with van der Waals surface area (Å²) in [4.78, 5) is 45.4. The van der Waals surface area contributed by atoms with Gasteiger partial charge in [0.25, 0.3) is 0 Å². The van der Waals surface area contributed by atoms with E-state index in [0.717, 1.165) is 51.4 Å². The van der Waals surface area contributed by atoms with Crippen LogP contribution in [0.15, 0.2) is 24.3 Å². The van der Waals surface area contributed by atoms with Crippen molar-refractivity contribution in [3.8, 4) is 0 Å². The quantitative estimate of drug-likeness (QED) is 0.327. The molecule has 192 valence electrons. The number of carbonyl (C=O) groups is 3. The van der Waals surface area contributed by atoms with Crippen LogP contribution in [0.4, 0.5) is 0 Å². The molecule has 1 unspecified atom stereocenters. The summed E-state index contributed by atoms with van der Waals surface area (Å²) in [6, 6.07) is -0.387. The molecule has 1 spiro atoms. The summed E-state index contributed by atoms with van der Waals surface area (Å²) in [6.45, 7) is 3.48. The number of fused-ring (bicyclic) bond motifs is 2. The maximum Gasteiger partial charge on any atom is 0.311 e. The van der Waals surface area contributed by atoms with Crippen LogP contribution in [-0.2, 0) is 19.1 Å². The van der Waals surface area contributed by atoms with Crippen molar-refractivity contribution >= 4 is 29.5 Å². The number of rotatable bonds is 7. The molecular weight excluding hydrogens is 464 g/mol. The number of aliphatic hydroxyl groups is 1. The van der Waals surface area contributed by atoms with E-state index in [1.807, 2.05) is 24.0 Å². The number of amides is 2. The van der Waals surface area contributed by atoms with Gasteiger partial charge in [0, 0.05) is 30.5 Å². The van der Waals surface area contributed by atoms with Gasteiger partial charge in [0.15, 0.2) is 0 Å². The highest BCUT2D eigenvalue weighted by Crippen LogP contribution is 2.65. The highest BCUT2D eigenvalue weighted by atomic mass is 32.2. The third kappa shape index (κ3) is 4.14. The number of aliphatic hydroxyl groups excluding tert-OH is 1. The summed E-state index contributed by atoms with van der Waals surface area (Å²) in [6.07, 6.45) is 16.9. The van der Waals surface area contributed by atoms with Crippen molar-refractivity contribution in [3.63, 3.8) is 0 Å². The number of unbranched alkanes of at least 4 members (excludes halogenated alkanes) is 3. The number of thioether (sulfide) groups is 1. The van der Waals surface area contributed by atoms with Crippen molar-refractivity contribution in [3.05, 3.63) is 24.3 Å². The van der Waals surface area contributed by atoms with Crippen LogP contribution < -0.4 is 0 Å². The fraction of sp³-hybridized carbons (Fsp3) is 0.741. The largest absolute Gasteiger partial charge is 0.461 e. The minimum atomic E-state index is -0.775. The Bertz CT molecular complexity index is 915. The molecule has 3 fully saturated rings. The number of esters is 1. The van der Waals surface area contributed by atoms with Crippen molar-refractivity contribution in [2.75, 3.05) is 26.3 Å². The maximum absolute atomic E-state index is 14.3. The van der Waals surface area contributed by atoms with Crippen molar-refractivity contribution in [1.29, 1.82) is 0 Å². The molecule has 1 N–H and O–H groups in total. The topological polar surface area (TPSA) is 87.1 Å². The first-order valence-electron chi connectivity index (χ1n) is 13.4. The van der Waals surface area contributed by atoms with E-state index in [4.69, 9.17) is 9.84 Å². The number of hydrogen-bond acceptors (Lipinski definition) is 6. The van der Waals surface area contributed by atoms with Gasteiger partial charge in [0.1, 0.15) is 12.6 Å². The lowest BCUT2D eigenvalue weighted by Crippen LogP contribution is -2.55. The second-order valence-electron chi connectivity index (χ2n) is 10.9. The lowest BCUT2D eigenvalue weighted by atomic mass is 9.75. The monoisotopic (exact) mass is 502 g/mol. The number of ether oxygens (including phenoxy) is 1. The highest BCUT2D eigenvalue weighted by Gasteiger charge is 2.74. The number of carbonyl (C=O) groups excluding carboxylic acids is 3. The SMILES string of the molecule is C[C@]12C=CCOC(=O)[C@H]1[C@H]1C(=O)N(CCCCCCO)C3C(=O)N(C4CCCCC4)CC=C[C@@]31S2. The number of cyclic esters (lactones) is 1. The number of likely N-dealkylation sites (tertiary alicyclic amines) is 1. The average molecular weight is 503 g/mol. The number of nitrogens with zero attached hydrogens (tertiary/aromatic N) is 2. The molecule has 0 radical (unpaired) electrons. The molecular formula is C27H38N2O5S. The second-order valence-corrected chi connectivity index (χ2v) is 12.7. The maximum atomic E-state index is 14.3. The van der Waals surface area contributed by atoms with Crippen LogP contribution in [0.3, 0.4) is 0 Å². The minimum absolute atomic E-state index is 0.0398. The van der Waals surface area contributed by atoms with Gasteiger partial charge in [-0.2, -0.15) is 0 Å². The Morgan fingerprint density at radius 2 is 1.77 bits per heavy atom. The predicted octanol–water partition coefficient (Wildman–Crippen LogP) is 3.07. The van der Waals surface area contributed by atoms with Gasteiger partial charge in [-0.15, -0.1) is 11.8 Å². The lowest BCUT2D eigenvalue weighted by molar-refractivity contribution is -0.152. The fourth-order valence-electron chi connectivity index (χ4n) is 7.08. The van der Waals surface area contributed by atoms with Crippen LogP contribution >= 0.6 is 11.8 Å². The Balaban J connectivity index is 1.51. The van der Waals surface area contributed by atoms with Gasteiger partial charge in [-0.05, 0) is 38.7 Å². The molecule has 0 aromatic rings. The summed E-state index contributed by atoms with van der Waals surface area (Å²) < 4.78 is 4.13. The molecule has 2 saturated heterocycles. The first-order valence-corrected chi connectivity index (χ1v) is 14.2. The van der Waals surface area contributed by atoms with Crippen molar-refractivity contribution < 1.29 is 24.2 Å². The van der Waals surface area contributed by atoms with Gasteiger partial charge in [-0.25, -0.2) is 0 Å². The predicted molar refractivity (Wildman–Crippen MR) is 135 cm³/mol. The molecule has 0 aromatic carbocycles. The third-order valence-corrected chi connectivity index (χ3v) is 10.5. The van der Waals surface area contributed by atoms with E-state index in [1.54, 1.807) is 16.7 Å². The third-order valence-electron chi connectivity index (χ3n) is 8.67. The van der Waals surface area contributed by atoms with E-state index >= 15 is 0 Å². The van der Waals surface area contributed by atoms with E-state index in [-0.39, 0.29) is 37.0 Å². The van der Waals surface area contributed by atoms with Crippen LogP contribution in [0.2, 0.25) is 0 Å². The minimum Gasteiger partial charge on any atom is -0.461 e. The Hall–Kier alpha value is -1.80. The second kappa shape index (κ2) is 9.92. The highest BCUT2D eigenvalue weighted by molar-refractivity contribution is 8.02. The molecule has 8 heteroatoms. The molecule has 35 heavy (non-hydrogen) atoms. The molecule has 2 amide bonds. The molecule has 4 heterocycles. The van der Waals surface area contributed by atoms with Crippen LogP contribution in [0.5, 0.6) is 0 Å². The summed E-state index contributed by atoms with van der Waals surface area (Å²) in [5.74, 6) is -1.61. The van der Waals surface area contributed by atoms with Gasteiger partial charge in [0.2, 0.25) is 11.8 Å². The van der Waals surface area contributed by atoms with Crippen LogP contribution in [0, 0.1) is 11.8 Å². The van der Waals surface area contributed by atoms with Gasteiger partial charge in [-0.3, -0.25) is 14.4 Å². The lowest BCUT2D eigenvalue weighted by Gasteiger charge is -2.40. The molecule has 5 aliphatic rings. The average Bonchev–Trinajstić information content (AvgIpc) is 3.10. The zero-order chi connectivity index (χ0) is 24.6. The Morgan fingerprint density at radius 1 is 1.00 bits per heavy atom. The van der Waals surface area contributed by atoms with Gasteiger partial charge < -0.3 is 19.6 Å². The van der Waals surface area contributed by atoms with E-state index in [9.17, 15) is 14.4 Å². The zero-order valence-corrected chi connectivity index (χ0v) is 21.5. The first kappa shape index (κ1) is 24.9. The van der Waals surface area contributed by atoms with E-state index in [2.05, 4.69) is 12.2 Å². The fourth-order valence-corrected chi connectivity index (χ4v) is 9.23. The van der Waals surface area contributed by atoms with Crippen molar-refractivity contribution in [2.45, 2.75) is 86.3 Å². The Kier molecular flexibility index (Phi) is 7.05. The Morgan fingerprint density at radius 3 is 2.54 bits per heavy atom. The van der Waals surface area contributed by atoms with Gasteiger partial charge in [0.05, 0.1) is 16.6 Å². The standard InChI is InChI=1S/C27H38N2O5S/c1-26-13-10-18-34-25(33)21(26)20-23(31)29(15-7-2-3-8-17-30)22-24(32)28(19-11-5-4-6-12-19)16-9-14-27(20,22)35-26/h9-10,13-14,19-22,30H,2-8,11-12,15-18H2,1H3/t20-,21+,22?,26-,27-/m0/s1.